The molecule has 0 bridgehead atoms. The number of halogens is 1. The molecule has 24 heavy (non-hydrogen) atoms. The van der Waals surface area contributed by atoms with E-state index in [4.69, 9.17) is 11.6 Å². The summed E-state index contributed by atoms with van der Waals surface area (Å²) in [5, 5.41) is 11.6. The number of amides is 1. The molecular formula is C17H15ClN4O2. The van der Waals surface area contributed by atoms with Crippen LogP contribution in [0.5, 0.6) is 0 Å². The summed E-state index contributed by atoms with van der Waals surface area (Å²) in [6.45, 7) is 1.65. The monoisotopic (exact) mass is 342 g/mol. The first-order chi connectivity index (χ1) is 11.5. The number of hydrogen-bond acceptors (Lipinski definition) is 4. The Morgan fingerprint density at radius 1 is 1.25 bits per heavy atom. The van der Waals surface area contributed by atoms with E-state index in [-0.39, 0.29) is 24.1 Å². The van der Waals surface area contributed by atoms with Gasteiger partial charge in [-0.3, -0.25) is 9.59 Å². The molecule has 0 saturated carbocycles. The van der Waals surface area contributed by atoms with Crippen LogP contribution < -0.4 is 10.9 Å². The molecule has 1 unspecified atom stereocenters. The van der Waals surface area contributed by atoms with Crippen molar-refractivity contribution in [3.05, 3.63) is 69.5 Å². The van der Waals surface area contributed by atoms with Crippen molar-refractivity contribution < 1.29 is 4.79 Å². The summed E-state index contributed by atoms with van der Waals surface area (Å²) in [5.74, 6) is -0.325. The predicted octanol–water partition coefficient (Wildman–Crippen LogP) is 2.32. The molecule has 7 heteroatoms. The van der Waals surface area contributed by atoms with Crippen molar-refractivity contribution in [1.29, 1.82) is 0 Å². The zero-order chi connectivity index (χ0) is 17.1. The standard InChI is InChI=1S/C17H15ClN4O2/c1-11(12-5-4-6-13(18)9-12)19-16(23)10-22-17(24)14-7-2-3-8-15(14)20-21-22/h2-9,11H,10H2,1H3,(H,19,23). The van der Waals surface area contributed by atoms with Gasteiger partial charge in [0, 0.05) is 5.02 Å². The van der Waals surface area contributed by atoms with Crippen LogP contribution in [-0.4, -0.2) is 20.9 Å². The molecular weight excluding hydrogens is 328 g/mol. The van der Waals surface area contributed by atoms with Gasteiger partial charge in [-0.1, -0.05) is 41.1 Å². The van der Waals surface area contributed by atoms with E-state index in [0.717, 1.165) is 10.2 Å². The molecule has 0 aliphatic heterocycles. The second-order valence-corrected chi connectivity index (χ2v) is 5.85. The van der Waals surface area contributed by atoms with Crippen LogP contribution in [0.4, 0.5) is 0 Å². The van der Waals surface area contributed by atoms with Crippen LogP contribution in [0.2, 0.25) is 5.02 Å². The molecule has 3 aromatic rings. The lowest BCUT2D eigenvalue weighted by atomic mass is 10.1. The van der Waals surface area contributed by atoms with Gasteiger partial charge < -0.3 is 5.32 Å². The van der Waals surface area contributed by atoms with Gasteiger partial charge in [0.25, 0.3) is 5.56 Å². The summed E-state index contributed by atoms with van der Waals surface area (Å²) in [6, 6.07) is 13.9. The van der Waals surface area contributed by atoms with Crippen LogP contribution in [0.25, 0.3) is 10.9 Å². The fraction of sp³-hybridized carbons (Fsp3) is 0.176. The van der Waals surface area contributed by atoms with Crippen molar-refractivity contribution in [2.75, 3.05) is 0 Å². The van der Waals surface area contributed by atoms with Crippen LogP contribution in [0.15, 0.2) is 53.3 Å². The maximum absolute atomic E-state index is 12.3. The highest BCUT2D eigenvalue weighted by molar-refractivity contribution is 6.30. The Hall–Kier alpha value is -2.73. The van der Waals surface area contributed by atoms with E-state index in [1.165, 1.54) is 0 Å². The number of nitrogens with one attached hydrogen (secondary N) is 1. The summed E-state index contributed by atoms with van der Waals surface area (Å²) in [5.41, 5.74) is 1.05. The van der Waals surface area contributed by atoms with Crippen LogP contribution in [-0.2, 0) is 11.3 Å². The second kappa shape index (κ2) is 6.80. The van der Waals surface area contributed by atoms with E-state index in [1.807, 2.05) is 19.1 Å². The lowest BCUT2D eigenvalue weighted by Gasteiger charge is -2.14. The third-order valence-electron chi connectivity index (χ3n) is 3.65. The average Bonchev–Trinajstić information content (AvgIpc) is 2.57. The van der Waals surface area contributed by atoms with E-state index in [1.54, 1.807) is 36.4 Å². The largest absolute Gasteiger partial charge is 0.348 e. The molecule has 1 aromatic heterocycles. The number of hydrogen-bond donors (Lipinski definition) is 1. The van der Waals surface area contributed by atoms with Gasteiger partial charge in [0.15, 0.2) is 0 Å². The first-order valence-corrected chi connectivity index (χ1v) is 7.80. The minimum Gasteiger partial charge on any atom is -0.348 e. The highest BCUT2D eigenvalue weighted by atomic mass is 35.5. The zero-order valence-corrected chi connectivity index (χ0v) is 13.7. The summed E-state index contributed by atoms with van der Waals surface area (Å²) in [4.78, 5) is 24.5. The molecule has 122 valence electrons. The molecule has 1 amide bonds. The van der Waals surface area contributed by atoms with E-state index >= 15 is 0 Å². The molecule has 1 N–H and O–H groups in total. The van der Waals surface area contributed by atoms with E-state index in [9.17, 15) is 9.59 Å². The van der Waals surface area contributed by atoms with Gasteiger partial charge >= 0.3 is 0 Å². The molecule has 0 radical (unpaired) electrons. The second-order valence-electron chi connectivity index (χ2n) is 5.41. The Labute approximate surface area is 143 Å². The van der Waals surface area contributed by atoms with Crippen LogP contribution in [0.1, 0.15) is 18.5 Å². The number of benzene rings is 2. The molecule has 3 rings (SSSR count). The Kier molecular flexibility index (Phi) is 4.57. The number of nitrogens with zero attached hydrogens (tertiary/aromatic N) is 3. The van der Waals surface area contributed by atoms with Crippen LogP contribution >= 0.6 is 11.6 Å². The van der Waals surface area contributed by atoms with Gasteiger partial charge in [0.2, 0.25) is 5.91 Å². The Balaban J connectivity index is 1.75. The summed E-state index contributed by atoms with van der Waals surface area (Å²) >= 11 is 5.96. The third-order valence-corrected chi connectivity index (χ3v) is 3.88. The van der Waals surface area contributed by atoms with Crippen molar-refractivity contribution in [1.82, 2.24) is 20.3 Å². The number of fused-ring (bicyclic) bond motifs is 1. The Morgan fingerprint density at radius 2 is 2.04 bits per heavy atom. The Morgan fingerprint density at radius 3 is 2.83 bits per heavy atom. The van der Waals surface area contributed by atoms with Crippen molar-refractivity contribution >= 4 is 28.4 Å². The minimum atomic E-state index is -0.342. The van der Waals surface area contributed by atoms with Gasteiger partial charge in [-0.15, -0.1) is 5.10 Å². The highest BCUT2D eigenvalue weighted by Gasteiger charge is 2.13. The molecule has 0 spiro atoms. The van der Waals surface area contributed by atoms with Crippen molar-refractivity contribution in [2.45, 2.75) is 19.5 Å². The number of carbonyl (C=O) groups excluding carboxylic acids is 1. The van der Waals surface area contributed by atoms with Gasteiger partial charge in [-0.2, -0.15) is 0 Å². The first kappa shape index (κ1) is 16.1. The molecule has 0 aliphatic rings. The smallest absolute Gasteiger partial charge is 0.278 e. The van der Waals surface area contributed by atoms with E-state index in [2.05, 4.69) is 15.6 Å². The molecule has 1 heterocycles. The van der Waals surface area contributed by atoms with Crippen LogP contribution in [0, 0.1) is 0 Å². The molecule has 2 aromatic carbocycles. The Bertz CT molecular complexity index is 954. The molecule has 0 fully saturated rings. The quantitative estimate of drug-likeness (QED) is 0.789. The maximum Gasteiger partial charge on any atom is 0.278 e. The van der Waals surface area contributed by atoms with Crippen molar-refractivity contribution in [2.24, 2.45) is 0 Å². The molecule has 1 atom stereocenters. The molecule has 6 nitrogen and oxygen atoms in total. The SMILES string of the molecule is CC(NC(=O)Cn1nnc2ccccc2c1=O)c1cccc(Cl)c1. The first-order valence-electron chi connectivity index (χ1n) is 7.42. The van der Waals surface area contributed by atoms with Gasteiger partial charge in [0.05, 0.1) is 11.4 Å². The molecule has 0 aliphatic carbocycles. The van der Waals surface area contributed by atoms with Crippen molar-refractivity contribution in [3.8, 4) is 0 Å². The van der Waals surface area contributed by atoms with Gasteiger partial charge in [-0.25, -0.2) is 4.68 Å². The summed E-state index contributed by atoms with van der Waals surface area (Å²) < 4.78 is 1.06. The topological polar surface area (TPSA) is 76.9 Å². The van der Waals surface area contributed by atoms with E-state index < -0.39 is 0 Å². The fourth-order valence-corrected chi connectivity index (χ4v) is 2.61. The normalized spacial score (nSPS) is 12.1. The number of aromatic nitrogens is 3. The average molecular weight is 343 g/mol. The molecule has 0 saturated heterocycles. The summed E-state index contributed by atoms with van der Waals surface area (Å²) in [6.07, 6.45) is 0. The lowest BCUT2D eigenvalue weighted by molar-refractivity contribution is -0.122. The van der Waals surface area contributed by atoms with Gasteiger partial charge in [0.1, 0.15) is 12.1 Å². The van der Waals surface area contributed by atoms with Crippen LogP contribution in [0.3, 0.4) is 0 Å². The minimum absolute atomic E-state index is 0.193. The zero-order valence-electron chi connectivity index (χ0n) is 12.9. The fourth-order valence-electron chi connectivity index (χ4n) is 2.41. The highest BCUT2D eigenvalue weighted by Crippen LogP contribution is 2.17. The van der Waals surface area contributed by atoms with E-state index in [0.29, 0.717) is 15.9 Å². The lowest BCUT2D eigenvalue weighted by Crippen LogP contribution is -2.35. The van der Waals surface area contributed by atoms with Crippen molar-refractivity contribution in [3.63, 3.8) is 0 Å². The predicted molar refractivity (Wildman–Crippen MR) is 91.8 cm³/mol. The maximum atomic E-state index is 12.3. The summed E-state index contributed by atoms with van der Waals surface area (Å²) in [7, 11) is 0. The number of carbonyl (C=O) groups is 1. The third kappa shape index (κ3) is 3.44. The van der Waals surface area contributed by atoms with Gasteiger partial charge in [-0.05, 0) is 36.8 Å². The number of rotatable bonds is 4.